The van der Waals surface area contributed by atoms with E-state index in [1.54, 1.807) is 0 Å². The van der Waals surface area contributed by atoms with Gasteiger partial charge in [-0.25, -0.2) is 0 Å². The Morgan fingerprint density at radius 2 is 2.29 bits per heavy atom. The van der Waals surface area contributed by atoms with Crippen LogP contribution >= 0.6 is 0 Å². The van der Waals surface area contributed by atoms with E-state index in [1.165, 1.54) is 0 Å². The molecule has 1 N–H and O–H groups in total. The third-order valence-corrected chi connectivity index (χ3v) is 2.00. The molecular weight excluding hydrogens is 110 g/mol. The van der Waals surface area contributed by atoms with Crippen molar-refractivity contribution in [2.75, 3.05) is 0 Å². The lowest BCUT2D eigenvalue weighted by Crippen LogP contribution is -1.97. The average Bonchev–Trinajstić information content (AvgIpc) is 1.65. The summed E-state index contributed by atoms with van der Waals surface area (Å²) in [6, 6.07) is 0. The van der Waals surface area contributed by atoms with Gasteiger partial charge in [-0.1, -0.05) is 25.5 Å². The van der Waals surface area contributed by atoms with E-state index in [0.717, 1.165) is 6.42 Å². The Morgan fingerprint density at radius 1 is 1.86 bits per heavy atom. The molecule has 0 aromatic heterocycles. The van der Waals surface area contributed by atoms with Crippen molar-refractivity contribution in [2.45, 2.75) is 25.5 Å². The predicted molar refractivity (Wildman–Crippen MR) is 30.5 cm³/mol. The quantitative estimate of drug-likeness (QED) is 0.551. The molecule has 0 spiro atoms. The SMILES string of the molecule is CCC(C)[S-](=N)=O. The average molecular weight is 120 g/mol. The summed E-state index contributed by atoms with van der Waals surface area (Å²) in [7, 11) is -1.36. The first-order chi connectivity index (χ1) is 3.18. The first-order valence-corrected chi connectivity index (χ1v) is 3.51. The van der Waals surface area contributed by atoms with Crippen LogP contribution in [0.25, 0.3) is 0 Å². The number of nitrogens with one attached hydrogen (secondary N) is 1. The van der Waals surface area contributed by atoms with Crippen molar-refractivity contribution in [3.63, 3.8) is 0 Å². The summed E-state index contributed by atoms with van der Waals surface area (Å²) in [5.74, 6) is 0. The second-order valence-electron chi connectivity index (χ2n) is 1.52. The van der Waals surface area contributed by atoms with E-state index in [2.05, 4.69) is 0 Å². The molecule has 1 atom stereocenters. The minimum absolute atomic E-state index is 0.0417. The van der Waals surface area contributed by atoms with Crippen LogP contribution in [-0.2, 0) is 14.8 Å². The molecule has 3 heteroatoms. The monoisotopic (exact) mass is 120 g/mol. The molecule has 0 saturated carbocycles. The van der Waals surface area contributed by atoms with Gasteiger partial charge in [0.05, 0.1) is 0 Å². The molecule has 1 unspecified atom stereocenters. The van der Waals surface area contributed by atoms with Gasteiger partial charge >= 0.3 is 0 Å². The fraction of sp³-hybridized carbons (Fsp3) is 1.00. The third kappa shape index (κ3) is 2.62. The first-order valence-electron chi connectivity index (χ1n) is 2.30. The molecule has 0 fully saturated rings. The molecule has 0 aliphatic carbocycles. The third-order valence-electron chi connectivity index (χ3n) is 0.940. The van der Waals surface area contributed by atoms with E-state index in [1.807, 2.05) is 13.8 Å². The van der Waals surface area contributed by atoms with E-state index >= 15 is 0 Å². The fourth-order valence-electron chi connectivity index (χ4n) is 0.151. The Kier molecular flexibility index (Phi) is 3.00. The van der Waals surface area contributed by atoms with E-state index in [-0.39, 0.29) is 5.25 Å². The standard InChI is InChI=1S/C4H10NOS/c1-3-4(2)7(5)6/h4-5H,3H2,1-2H3/q-1. The summed E-state index contributed by atoms with van der Waals surface area (Å²) in [6.07, 6.45) is 0.829. The van der Waals surface area contributed by atoms with Gasteiger partial charge in [0.1, 0.15) is 0 Å². The second kappa shape index (κ2) is 3.02. The maximum absolute atomic E-state index is 10.2. The van der Waals surface area contributed by atoms with Gasteiger partial charge in [0, 0.05) is 0 Å². The lowest BCUT2D eigenvalue weighted by Gasteiger charge is -2.06. The van der Waals surface area contributed by atoms with Gasteiger partial charge in [-0.15, -0.1) is 0 Å². The highest BCUT2D eigenvalue weighted by atomic mass is 32.2. The van der Waals surface area contributed by atoms with Gasteiger partial charge in [0.15, 0.2) is 0 Å². The molecule has 0 aliphatic heterocycles. The highest BCUT2D eigenvalue weighted by Gasteiger charge is 1.82. The zero-order valence-corrected chi connectivity index (χ0v) is 5.42. The molecule has 44 valence electrons. The van der Waals surface area contributed by atoms with Crippen LogP contribution in [0.15, 0.2) is 0 Å². The summed E-state index contributed by atoms with van der Waals surface area (Å²) >= 11 is 0. The van der Waals surface area contributed by atoms with E-state index < -0.39 is 10.6 Å². The summed E-state index contributed by atoms with van der Waals surface area (Å²) in [4.78, 5) is 0. The van der Waals surface area contributed by atoms with Crippen LogP contribution in [0.4, 0.5) is 0 Å². The topological polar surface area (TPSA) is 40.9 Å². The number of rotatable bonds is 2. The Labute approximate surface area is 45.9 Å². The lowest BCUT2D eigenvalue weighted by molar-refractivity contribution is 0.591. The molecule has 0 rings (SSSR count). The van der Waals surface area contributed by atoms with Crippen LogP contribution in [0.2, 0.25) is 0 Å². The van der Waals surface area contributed by atoms with E-state index in [4.69, 9.17) is 4.78 Å². The van der Waals surface area contributed by atoms with Crippen molar-refractivity contribution in [1.29, 1.82) is 4.78 Å². The van der Waals surface area contributed by atoms with Crippen LogP contribution in [0.1, 0.15) is 20.3 Å². The smallest absolute Gasteiger partial charge is 0.0667 e. The van der Waals surface area contributed by atoms with E-state index in [0.29, 0.717) is 0 Å². The van der Waals surface area contributed by atoms with Crippen molar-refractivity contribution in [1.82, 2.24) is 0 Å². The van der Waals surface area contributed by atoms with Crippen molar-refractivity contribution in [3.05, 3.63) is 0 Å². The summed E-state index contributed by atoms with van der Waals surface area (Å²) in [5, 5.41) is 0.0417. The van der Waals surface area contributed by atoms with Crippen molar-refractivity contribution >= 4 is 10.6 Å². The summed E-state index contributed by atoms with van der Waals surface area (Å²) in [6.45, 7) is 3.74. The zero-order valence-electron chi connectivity index (χ0n) is 4.60. The summed E-state index contributed by atoms with van der Waals surface area (Å²) in [5.41, 5.74) is 0. The Balaban J connectivity index is 3.57. The zero-order chi connectivity index (χ0) is 5.86. The predicted octanol–water partition coefficient (Wildman–Crippen LogP) is 1.51. The van der Waals surface area contributed by atoms with Crippen molar-refractivity contribution in [3.8, 4) is 0 Å². The van der Waals surface area contributed by atoms with Crippen molar-refractivity contribution in [2.24, 2.45) is 0 Å². The van der Waals surface area contributed by atoms with Crippen LogP contribution < -0.4 is 0 Å². The van der Waals surface area contributed by atoms with Gasteiger partial charge in [0.2, 0.25) is 0 Å². The van der Waals surface area contributed by atoms with Crippen LogP contribution in [-0.4, -0.2) is 5.25 Å². The lowest BCUT2D eigenvalue weighted by atomic mass is 10.4. The minimum Gasteiger partial charge on any atom is -0.444 e. The molecule has 0 aromatic carbocycles. The van der Waals surface area contributed by atoms with Crippen molar-refractivity contribution < 1.29 is 4.21 Å². The molecule has 0 saturated heterocycles. The highest BCUT2D eigenvalue weighted by molar-refractivity contribution is 7.74. The molecule has 2 nitrogen and oxygen atoms in total. The second-order valence-corrected chi connectivity index (χ2v) is 2.92. The van der Waals surface area contributed by atoms with Gasteiger partial charge in [0.25, 0.3) is 0 Å². The summed E-state index contributed by atoms with van der Waals surface area (Å²) < 4.78 is 16.8. The molecule has 0 bridgehead atoms. The number of hydrogen-bond donors (Lipinski definition) is 1. The van der Waals surface area contributed by atoms with Crippen LogP contribution in [0.5, 0.6) is 0 Å². The van der Waals surface area contributed by atoms with Gasteiger partial charge in [-0.3, -0.25) is 0 Å². The number of hydrogen-bond acceptors (Lipinski definition) is 3. The Bertz CT molecular complexity index is 100. The molecule has 0 aliphatic rings. The van der Waals surface area contributed by atoms with Gasteiger partial charge in [-0.2, -0.15) is 10.6 Å². The van der Waals surface area contributed by atoms with E-state index in [9.17, 15) is 4.21 Å². The maximum atomic E-state index is 10.2. The molecule has 0 amide bonds. The molecular formula is C4H10NOS-. The maximum Gasteiger partial charge on any atom is -0.0667 e. The van der Waals surface area contributed by atoms with Crippen LogP contribution in [0.3, 0.4) is 0 Å². The highest BCUT2D eigenvalue weighted by Crippen LogP contribution is 1.91. The first kappa shape index (κ1) is 6.95. The largest absolute Gasteiger partial charge is 0.444 e. The molecule has 7 heavy (non-hydrogen) atoms. The molecule has 0 radical (unpaired) electrons. The van der Waals surface area contributed by atoms with Crippen LogP contribution in [0, 0.1) is 4.78 Å². The molecule has 0 aromatic rings. The minimum atomic E-state index is -1.36. The Hall–Kier alpha value is -0.0500. The van der Waals surface area contributed by atoms with Gasteiger partial charge < -0.3 is 8.99 Å². The normalized spacial score (nSPS) is 14.7. The Morgan fingerprint density at radius 3 is 2.29 bits per heavy atom. The van der Waals surface area contributed by atoms with Gasteiger partial charge in [-0.05, 0) is 0 Å². The molecule has 0 heterocycles. The fourth-order valence-corrected chi connectivity index (χ4v) is 0.454.